The highest BCUT2D eigenvalue weighted by Gasteiger charge is 2.20. The summed E-state index contributed by atoms with van der Waals surface area (Å²) in [6, 6.07) is 0.384. The van der Waals surface area contributed by atoms with Crippen LogP contribution in [0, 0.1) is 0 Å². The van der Waals surface area contributed by atoms with Crippen LogP contribution in [0.2, 0.25) is 0 Å². The predicted octanol–water partition coefficient (Wildman–Crippen LogP) is 0.349. The van der Waals surface area contributed by atoms with Crippen molar-refractivity contribution in [3.63, 3.8) is 0 Å². The molecule has 1 N–H and O–H groups in total. The fourth-order valence-corrected chi connectivity index (χ4v) is 1.80. The second-order valence-corrected chi connectivity index (χ2v) is 3.52. The molecule has 2 rings (SSSR count). The molecule has 0 aromatic carbocycles. The first-order valence-electron chi connectivity index (χ1n) is 5.02. The quantitative estimate of drug-likeness (QED) is 0.755. The molecular formula is C9H16N4O. The van der Waals surface area contributed by atoms with Gasteiger partial charge in [-0.15, -0.1) is 10.2 Å². The summed E-state index contributed by atoms with van der Waals surface area (Å²) in [6.45, 7) is 2.62. The van der Waals surface area contributed by atoms with Gasteiger partial charge in [0.25, 0.3) is 0 Å². The maximum atomic E-state index is 5.04. The Labute approximate surface area is 83.5 Å². The van der Waals surface area contributed by atoms with Gasteiger partial charge in [0.15, 0.2) is 0 Å². The van der Waals surface area contributed by atoms with Gasteiger partial charge in [-0.1, -0.05) is 0 Å². The molecule has 0 amide bonds. The summed E-state index contributed by atoms with van der Waals surface area (Å²) >= 11 is 0. The summed E-state index contributed by atoms with van der Waals surface area (Å²) in [5.41, 5.74) is 0. The van der Waals surface area contributed by atoms with E-state index in [1.807, 2.05) is 0 Å². The molecule has 5 heteroatoms. The van der Waals surface area contributed by atoms with E-state index in [2.05, 4.69) is 20.1 Å². The van der Waals surface area contributed by atoms with E-state index in [0.717, 1.165) is 25.3 Å². The number of nitrogens with zero attached hydrogens (tertiary/aromatic N) is 3. The summed E-state index contributed by atoms with van der Waals surface area (Å²) in [4.78, 5) is 0. The molecule has 5 nitrogen and oxygen atoms in total. The molecule has 0 spiro atoms. The predicted molar refractivity (Wildman–Crippen MR) is 51.9 cm³/mol. The minimum Gasteiger partial charge on any atom is -0.383 e. The molecule has 0 unspecified atom stereocenters. The van der Waals surface area contributed by atoms with Crippen LogP contribution < -0.4 is 5.32 Å². The first kappa shape index (κ1) is 9.61. The van der Waals surface area contributed by atoms with Crippen molar-refractivity contribution < 1.29 is 4.74 Å². The Morgan fingerprint density at radius 1 is 1.71 bits per heavy atom. The number of rotatable bonds is 4. The van der Waals surface area contributed by atoms with E-state index in [-0.39, 0.29) is 0 Å². The third kappa shape index (κ3) is 1.93. The number of hydrogen-bond acceptors (Lipinski definition) is 4. The van der Waals surface area contributed by atoms with Crippen LogP contribution in [0.15, 0.2) is 6.33 Å². The van der Waals surface area contributed by atoms with Crippen molar-refractivity contribution in [2.24, 2.45) is 0 Å². The van der Waals surface area contributed by atoms with Crippen LogP contribution >= 0.6 is 0 Å². The molecule has 0 radical (unpaired) electrons. The molecule has 1 atom stereocenters. The minimum absolute atomic E-state index is 0.384. The van der Waals surface area contributed by atoms with Gasteiger partial charge in [-0.2, -0.15) is 0 Å². The van der Waals surface area contributed by atoms with Crippen LogP contribution in [0.3, 0.4) is 0 Å². The van der Waals surface area contributed by atoms with E-state index in [4.69, 9.17) is 4.74 Å². The van der Waals surface area contributed by atoms with Crippen molar-refractivity contribution in [2.45, 2.75) is 25.4 Å². The number of nitrogens with one attached hydrogen (secondary N) is 1. The number of aromatic nitrogens is 3. The van der Waals surface area contributed by atoms with E-state index in [1.54, 1.807) is 13.4 Å². The Kier molecular flexibility index (Phi) is 3.10. The van der Waals surface area contributed by atoms with Crippen molar-refractivity contribution in [3.8, 4) is 0 Å². The van der Waals surface area contributed by atoms with Crippen LogP contribution in [0.5, 0.6) is 0 Å². The fourth-order valence-electron chi connectivity index (χ4n) is 1.80. The molecule has 2 heterocycles. The lowest BCUT2D eigenvalue weighted by Gasteiger charge is -2.11. The molecule has 1 aliphatic heterocycles. The van der Waals surface area contributed by atoms with Crippen LogP contribution in [0.25, 0.3) is 0 Å². The van der Waals surface area contributed by atoms with Crippen LogP contribution in [0.4, 0.5) is 0 Å². The second kappa shape index (κ2) is 4.52. The molecule has 0 aliphatic carbocycles. The van der Waals surface area contributed by atoms with Gasteiger partial charge in [-0.3, -0.25) is 0 Å². The molecule has 0 saturated carbocycles. The zero-order chi connectivity index (χ0) is 9.80. The Balaban J connectivity index is 2.04. The third-order valence-corrected chi connectivity index (χ3v) is 2.55. The SMILES string of the molecule is COCCn1cnnc1[C@H]1CCCN1. The molecule has 1 fully saturated rings. The Morgan fingerprint density at radius 3 is 3.36 bits per heavy atom. The maximum Gasteiger partial charge on any atom is 0.150 e. The average molecular weight is 196 g/mol. The standard InChI is InChI=1S/C9H16N4O/c1-14-6-5-13-7-11-12-9(13)8-3-2-4-10-8/h7-8,10H,2-6H2,1H3/t8-/m1/s1. The van der Waals surface area contributed by atoms with E-state index in [9.17, 15) is 0 Å². The number of hydrogen-bond donors (Lipinski definition) is 1. The third-order valence-electron chi connectivity index (χ3n) is 2.55. The van der Waals surface area contributed by atoms with Crippen molar-refractivity contribution >= 4 is 0 Å². The smallest absolute Gasteiger partial charge is 0.150 e. The van der Waals surface area contributed by atoms with Crippen LogP contribution in [-0.2, 0) is 11.3 Å². The minimum atomic E-state index is 0.384. The van der Waals surface area contributed by atoms with Crippen LogP contribution in [-0.4, -0.2) is 35.0 Å². The van der Waals surface area contributed by atoms with Gasteiger partial charge >= 0.3 is 0 Å². The van der Waals surface area contributed by atoms with Crippen molar-refractivity contribution in [1.29, 1.82) is 0 Å². The van der Waals surface area contributed by atoms with Gasteiger partial charge in [-0.05, 0) is 19.4 Å². The van der Waals surface area contributed by atoms with E-state index < -0.39 is 0 Å². The molecular weight excluding hydrogens is 180 g/mol. The Bertz CT molecular complexity index is 280. The lowest BCUT2D eigenvalue weighted by Crippen LogP contribution is -2.19. The highest BCUT2D eigenvalue weighted by Crippen LogP contribution is 2.20. The second-order valence-electron chi connectivity index (χ2n) is 3.52. The van der Waals surface area contributed by atoms with Gasteiger partial charge in [0, 0.05) is 13.7 Å². The number of ether oxygens (including phenoxy) is 1. The summed E-state index contributed by atoms with van der Waals surface area (Å²) in [7, 11) is 1.71. The van der Waals surface area contributed by atoms with E-state index in [0.29, 0.717) is 12.6 Å². The normalized spacial score (nSPS) is 21.6. The van der Waals surface area contributed by atoms with E-state index in [1.165, 1.54) is 6.42 Å². The van der Waals surface area contributed by atoms with Gasteiger partial charge in [-0.25, -0.2) is 0 Å². The largest absolute Gasteiger partial charge is 0.383 e. The summed E-state index contributed by atoms with van der Waals surface area (Å²) in [5, 5.41) is 11.5. The summed E-state index contributed by atoms with van der Waals surface area (Å²) < 4.78 is 7.10. The van der Waals surface area contributed by atoms with Gasteiger partial charge in [0.2, 0.25) is 0 Å². The van der Waals surface area contributed by atoms with Crippen molar-refractivity contribution in [1.82, 2.24) is 20.1 Å². The monoisotopic (exact) mass is 196 g/mol. The average Bonchev–Trinajstić information content (AvgIpc) is 2.84. The van der Waals surface area contributed by atoms with Crippen molar-refractivity contribution in [2.75, 3.05) is 20.3 Å². The first-order valence-corrected chi connectivity index (χ1v) is 5.02. The van der Waals surface area contributed by atoms with Gasteiger partial charge in [0.1, 0.15) is 12.2 Å². The summed E-state index contributed by atoms with van der Waals surface area (Å²) in [6.07, 6.45) is 4.15. The zero-order valence-electron chi connectivity index (χ0n) is 8.44. The van der Waals surface area contributed by atoms with E-state index >= 15 is 0 Å². The molecule has 1 aromatic rings. The molecule has 78 valence electrons. The molecule has 1 aromatic heterocycles. The summed E-state index contributed by atoms with van der Waals surface area (Å²) in [5.74, 6) is 1.04. The molecule has 0 bridgehead atoms. The first-order chi connectivity index (χ1) is 6.92. The zero-order valence-corrected chi connectivity index (χ0v) is 8.44. The lowest BCUT2D eigenvalue weighted by atomic mass is 10.2. The van der Waals surface area contributed by atoms with Crippen molar-refractivity contribution in [3.05, 3.63) is 12.2 Å². The Morgan fingerprint density at radius 2 is 2.64 bits per heavy atom. The fraction of sp³-hybridized carbons (Fsp3) is 0.778. The topological polar surface area (TPSA) is 52.0 Å². The van der Waals surface area contributed by atoms with Crippen LogP contribution in [0.1, 0.15) is 24.7 Å². The van der Waals surface area contributed by atoms with Gasteiger partial charge < -0.3 is 14.6 Å². The van der Waals surface area contributed by atoms with Gasteiger partial charge in [0.05, 0.1) is 12.6 Å². The molecule has 1 saturated heterocycles. The maximum absolute atomic E-state index is 5.04. The molecule has 1 aliphatic rings. The Hall–Kier alpha value is -0.940. The lowest BCUT2D eigenvalue weighted by molar-refractivity contribution is 0.185. The highest BCUT2D eigenvalue weighted by molar-refractivity contribution is 4.97. The number of methoxy groups -OCH3 is 1. The highest BCUT2D eigenvalue weighted by atomic mass is 16.5. The molecule has 14 heavy (non-hydrogen) atoms.